The van der Waals surface area contributed by atoms with Gasteiger partial charge in [-0.3, -0.25) is 4.99 Å². The molecule has 2 rings (SSSR count). The highest BCUT2D eigenvalue weighted by atomic mass is 14.7. The molecule has 0 bridgehead atoms. The zero-order valence-electron chi connectivity index (χ0n) is 9.08. The molecule has 1 nitrogen and oxygen atoms in total. The van der Waals surface area contributed by atoms with E-state index in [1.165, 1.54) is 23.3 Å². The van der Waals surface area contributed by atoms with Gasteiger partial charge in [0.05, 0.1) is 0 Å². The van der Waals surface area contributed by atoms with Crippen molar-refractivity contribution in [3.8, 4) is 0 Å². The molecule has 0 fully saturated rings. The third-order valence-corrected chi connectivity index (χ3v) is 2.84. The molecule has 0 aromatic heterocycles. The van der Waals surface area contributed by atoms with E-state index in [9.17, 15) is 0 Å². The van der Waals surface area contributed by atoms with Crippen LogP contribution in [0, 0.1) is 0 Å². The fraction of sp³-hybridized carbons (Fsp3) is 0.357. The van der Waals surface area contributed by atoms with E-state index in [-0.39, 0.29) is 0 Å². The van der Waals surface area contributed by atoms with Crippen LogP contribution < -0.4 is 0 Å². The first-order valence-electron chi connectivity index (χ1n) is 5.61. The summed E-state index contributed by atoms with van der Waals surface area (Å²) in [5.41, 5.74) is 3.88. The smallest absolute Gasteiger partial charge is 0.0395 e. The maximum atomic E-state index is 4.54. The van der Waals surface area contributed by atoms with Crippen molar-refractivity contribution >= 4 is 5.71 Å². The van der Waals surface area contributed by atoms with Crippen molar-refractivity contribution in [2.75, 3.05) is 6.54 Å². The summed E-state index contributed by atoms with van der Waals surface area (Å²) in [5.74, 6) is 0. The van der Waals surface area contributed by atoms with Crippen molar-refractivity contribution in [3.63, 3.8) is 0 Å². The first kappa shape index (κ1) is 10.2. The summed E-state index contributed by atoms with van der Waals surface area (Å²) in [4.78, 5) is 4.54. The van der Waals surface area contributed by atoms with Crippen LogP contribution in [0.3, 0.4) is 0 Å². The fourth-order valence-corrected chi connectivity index (χ4v) is 1.93. The molecule has 78 valence electrons. The third-order valence-electron chi connectivity index (χ3n) is 2.84. The van der Waals surface area contributed by atoms with Crippen molar-refractivity contribution in [3.05, 3.63) is 48.0 Å². The number of allylic oxidation sites excluding steroid dienone is 1. The highest BCUT2D eigenvalue weighted by Crippen LogP contribution is 2.15. The summed E-state index contributed by atoms with van der Waals surface area (Å²) >= 11 is 0. The maximum absolute atomic E-state index is 4.54. The molecule has 0 unspecified atom stereocenters. The Morgan fingerprint density at radius 2 is 1.93 bits per heavy atom. The molecule has 0 amide bonds. The standard InChI is InChI=1S/C14H17N/c1-12-6-5-11-15-14(12)10-9-13-7-3-2-4-8-13/h2-4,7-8H,1,5-6,9-11H2. The van der Waals surface area contributed by atoms with Crippen molar-refractivity contribution in [1.82, 2.24) is 0 Å². The molecule has 1 aliphatic rings. The van der Waals surface area contributed by atoms with E-state index in [1.807, 2.05) is 0 Å². The average molecular weight is 199 g/mol. The van der Waals surface area contributed by atoms with Crippen molar-refractivity contribution in [1.29, 1.82) is 0 Å². The van der Waals surface area contributed by atoms with Crippen molar-refractivity contribution in [2.24, 2.45) is 4.99 Å². The first-order valence-corrected chi connectivity index (χ1v) is 5.61. The molecule has 0 N–H and O–H groups in total. The minimum absolute atomic E-state index is 0.989. The van der Waals surface area contributed by atoms with Gasteiger partial charge in [-0.05, 0) is 36.8 Å². The van der Waals surface area contributed by atoms with Crippen LogP contribution in [0.1, 0.15) is 24.8 Å². The van der Waals surface area contributed by atoms with E-state index in [0.717, 1.165) is 25.8 Å². The van der Waals surface area contributed by atoms with Gasteiger partial charge in [0.1, 0.15) is 0 Å². The Kier molecular flexibility index (Phi) is 3.33. The largest absolute Gasteiger partial charge is 0.289 e. The molecule has 1 aromatic carbocycles. The van der Waals surface area contributed by atoms with Gasteiger partial charge in [-0.2, -0.15) is 0 Å². The highest BCUT2D eigenvalue weighted by Gasteiger charge is 2.09. The van der Waals surface area contributed by atoms with Gasteiger partial charge in [-0.1, -0.05) is 36.9 Å². The molecule has 0 radical (unpaired) electrons. The van der Waals surface area contributed by atoms with Crippen LogP contribution in [0.15, 0.2) is 47.5 Å². The molecule has 1 aromatic rings. The molecular weight excluding hydrogens is 182 g/mol. The number of rotatable bonds is 3. The van der Waals surface area contributed by atoms with Crippen LogP contribution in [0.2, 0.25) is 0 Å². The SMILES string of the molecule is C=C1CCCN=C1CCc1ccccc1. The molecule has 0 saturated heterocycles. The maximum Gasteiger partial charge on any atom is 0.0395 e. The van der Waals surface area contributed by atoms with Gasteiger partial charge in [-0.25, -0.2) is 0 Å². The molecule has 15 heavy (non-hydrogen) atoms. The Morgan fingerprint density at radius 3 is 2.67 bits per heavy atom. The lowest BCUT2D eigenvalue weighted by Crippen LogP contribution is -2.10. The van der Waals surface area contributed by atoms with Crippen LogP contribution in [-0.4, -0.2) is 12.3 Å². The average Bonchev–Trinajstić information content (AvgIpc) is 2.29. The van der Waals surface area contributed by atoms with Crippen molar-refractivity contribution < 1.29 is 0 Å². The van der Waals surface area contributed by atoms with E-state index in [2.05, 4.69) is 41.9 Å². The molecule has 0 atom stereocenters. The monoisotopic (exact) mass is 199 g/mol. The number of aryl methyl sites for hydroxylation is 1. The van der Waals surface area contributed by atoms with Gasteiger partial charge in [0.25, 0.3) is 0 Å². The van der Waals surface area contributed by atoms with Gasteiger partial charge in [0, 0.05) is 12.3 Å². The van der Waals surface area contributed by atoms with Gasteiger partial charge in [0.2, 0.25) is 0 Å². The molecule has 0 spiro atoms. The molecule has 1 aliphatic heterocycles. The van der Waals surface area contributed by atoms with Crippen LogP contribution in [0.25, 0.3) is 0 Å². The lowest BCUT2D eigenvalue weighted by atomic mass is 9.98. The lowest BCUT2D eigenvalue weighted by molar-refractivity contribution is 0.802. The minimum Gasteiger partial charge on any atom is -0.289 e. The van der Waals surface area contributed by atoms with Crippen LogP contribution in [0.4, 0.5) is 0 Å². The van der Waals surface area contributed by atoms with E-state index in [1.54, 1.807) is 0 Å². The second kappa shape index (κ2) is 4.92. The molecule has 0 saturated carbocycles. The zero-order valence-corrected chi connectivity index (χ0v) is 9.08. The third kappa shape index (κ3) is 2.79. The Hall–Kier alpha value is -1.37. The Bertz CT molecular complexity index is 362. The Labute approximate surface area is 91.6 Å². The van der Waals surface area contributed by atoms with Crippen LogP contribution in [-0.2, 0) is 6.42 Å². The second-order valence-electron chi connectivity index (χ2n) is 4.02. The summed E-state index contributed by atoms with van der Waals surface area (Å²) in [6.45, 7) is 5.07. The topological polar surface area (TPSA) is 12.4 Å². The predicted molar refractivity (Wildman–Crippen MR) is 65.4 cm³/mol. The van der Waals surface area contributed by atoms with Gasteiger partial charge >= 0.3 is 0 Å². The zero-order chi connectivity index (χ0) is 10.5. The van der Waals surface area contributed by atoms with Crippen LogP contribution >= 0.6 is 0 Å². The minimum atomic E-state index is 0.989. The van der Waals surface area contributed by atoms with E-state index < -0.39 is 0 Å². The van der Waals surface area contributed by atoms with Gasteiger partial charge in [0.15, 0.2) is 0 Å². The molecular formula is C14H17N. The van der Waals surface area contributed by atoms with Crippen LogP contribution in [0.5, 0.6) is 0 Å². The summed E-state index contributed by atoms with van der Waals surface area (Å²) < 4.78 is 0. The first-order chi connectivity index (χ1) is 7.36. The van der Waals surface area contributed by atoms with Gasteiger partial charge < -0.3 is 0 Å². The molecule has 0 aliphatic carbocycles. The van der Waals surface area contributed by atoms with E-state index >= 15 is 0 Å². The normalized spacial score (nSPS) is 16.3. The Balaban J connectivity index is 1.93. The number of aliphatic imine (C=N–C) groups is 1. The summed E-state index contributed by atoms with van der Waals surface area (Å²) in [7, 11) is 0. The number of hydrogen-bond acceptors (Lipinski definition) is 1. The van der Waals surface area contributed by atoms with E-state index in [0.29, 0.717) is 0 Å². The number of nitrogens with zero attached hydrogens (tertiary/aromatic N) is 1. The summed E-state index contributed by atoms with van der Waals surface area (Å²) in [5, 5.41) is 0. The second-order valence-corrected chi connectivity index (χ2v) is 4.02. The highest BCUT2D eigenvalue weighted by molar-refractivity contribution is 6.00. The summed E-state index contributed by atoms with van der Waals surface area (Å²) in [6.07, 6.45) is 4.43. The quantitative estimate of drug-likeness (QED) is 0.707. The van der Waals surface area contributed by atoms with Gasteiger partial charge in [-0.15, -0.1) is 0 Å². The predicted octanol–water partition coefficient (Wildman–Crippen LogP) is 3.41. The molecule has 1 heterocycles. The Morgan fingerprint density at radius 1 is 1.13 bits per heavy atom. The summed E-state index contributed by atoms with van der Waals surface area (Å²) in [6, 6.07) is 10.6. The molecule has 1 heteroatoms. The van der Waals surface area contributed by atoms with E-state index in [4.69, 9.17) is 0 Å². The number of hydrogen-bond donors (Lipinski definition) is 0. The fourth-order valence-electron chi connectivity index (χ4n) is 1.93. The number of benzene rings is 1. The lowest BCUT2D eigenvalue weighted by Gasteiger charge is -2.14. The van der Waals surface area contributed by atoms with Crippen molar-refractivity contribution in [2.45, 2.75) is 25.7 Å².